The summed E-state index contributed by atoms with van der Waals surface area (Å²) in [5.41, 5.74) is 3.24. The van der Waals surface area contributed by atoms with Crippen molar-refractivity contribution in [2.45, 2.75) is 13.0 Å². The quantitative estimate of drug-likeness (QED) is 0.687. The van der Waals surface area contributed by atoms with Gasteiger partial charge in [-0.3, -0.25) is 4.98 Å². The van der Waals surface area contributed by atoms with Crippen LogP contribution in [-0.4, -0.2) is 22.7 Å². The third-order valence-electron chi connectivity index (χ3n) is 3.48. The van der Waals surface area contributed by atoms with Crippen LogP contribution < -0.4 is 10.6 Å². The summed E-state index contributed by atoms with van der Waals surface area (Å²) >= 11 is 1.51. The molecule has 0 radical (unpaired) electrons. The van der Waals surface area contributed by atoms with Gasteiger partial charge in [0.25, 0.3) is 0 Å². The molecular formula is C17H17N3O2S. The lowest BCUT2D eigenvalue weighted by Gasteiger charge is -2.13. The standard InChI is InChI=1S/C17H17N3O2S/c1-11-7-12-3-2-5-18-16(12)14(8-11)20-17(22)19-9-15(21)13-4-6-23-10-13/h2-8,10,15,21H,9H2,1H3,(H2,19,20,22). The largest absolute Gasteiger partial charge is 0.387 e. The fourth-order valence-electron chi connectivity index (χ4n) is 2.38. The Morgan fingerprint density at radius 1 is 1.39 bits per heavy atom. The normalized spacial score (nSPS) is 12.1. The van der Waals surface area contributed by atoms with Gasteiger partial charge in [-0.2, -0.15) is 11.3 Å². The van der Waals surface area contributed by atoms with Gasteiger partial charge in [-0.05, 0) is 53.1 Å². The molecule has 2 aromatic heterocycles. The number of hydrogen-bond donors (Lipinski definition) is 3. The molecule has 6 heteroatoms. The molecule has 1 aromatic carbocycles. The molecule has 0 saturated heterocycles. The number of aromatic nitrogens is 1. The molecule has 0 fully saturated rings. The molecule has 0 bridgehead atoms. The number of fused-ring (bicyclic) bond motifs is 1. The van der Waals surface area contributed by atoms with Crippen molar-refractivity contribution in [3.05, 3.63) is 58.4 Å². The molecule has 0 saturated carbocycles. The van der Waals surface area contributed by atoms with E-state index in [4.69, 9.17) is 0 Å². The van der Waals surface area contributed by atoms with Gasteiger partial charge >= 0.3 is 6.03 Å². The lowest BCUT2D eigenvalue weighted by molar-refractivity contribution is 0.175. The summed E-state index contributed by atoms with van der Waals surface area (Å²) < 4.78 is 0. The van der Waals surface area contributed by atoms with Gasteiger partial charge in [0.1, 0.15) is 0 Å². The number of carbonyl (C=O) groups is 1. The third kappa shape index (κ3) is 3.67. The molecule has 1 atom stereocenters. The van der Waals surface area contributed by atoms with Crippen LogP contribution in [0.1, 0.15) is 17.2 Å². The van der Waals surface area contributed by atoms with E-state index in [2.05, 4.69) is 15.6 Å². The number of pyridine rings is 1. The highest BCUT2D eigenvalue weighted by Crippen LogP contribution is 2.23. The molecule has 23 heavy (non-hydrogen) atoms. The first-order chi connectivity index (χ1) is 11.1. The fourth-order valence-corrected chi connectivity index (χ4v) is 3.08. The minimum atomic E-state index is -0.709. The number of aliphatic hydroxyl groups is 1. The minimum absolute atomic E-state index is 0.153. The van der Waals surface area contributed by atoms with Gasteiger partial charge in [-0.15, -0.1) is 0 Å². The molecule has 0 spiro atoms. The number of carbonyl (C=O) groups excluding carboxylic acids is 1. The van der Waals surface area contributed by atoms with Crippen LogP contribution in [0.4, 0.5) is 10.5 Å². The van der Waals surface area contributed by atoms with Crippen LogP contribution in [0.25, 0.3) is 10.9 Å². The maximum Gasteiger partial charge on any atom is 0.319 e. The fraction of sp³-hybridized carbons (Fsp3) is 0.176. The van der Waals surface area contributed by atoms with Crippen molar-refractivity contribution in [3.8, 4) is 0 Å². The maximum absolute atomic E-state index is 12.1. The molecule has 1 unspecified atom stereocenters. The smallest absolute Gasteiger partial charge is 0.319 e. The third-order valence-corrected chi connectivity index (χ3v) is 4.18. The summed E-state index contributed by atoms with van der Waals surface area (Å²) in [6.07, 6.45) is 0.987. The predicted octanol–water partition coefficient (Wildman–Crippen LogP) is 3.46. The molecule has 2 amide bonds. The summed E-state index contributed by atoms with van der Waals surface area (Å²) in [5, 5.41) is 20.2. The van der Waals surface area contributed by atoms with E-state index in [1.54, 1.807) is 6.20 Å². The zero-order valence-electron chi connectivity index (χ0n) is 12.6. The van der Waals surface area contributed by atoms with E-state index in [1.165, 1.54) is 11.3 Å². The number of nitrogens with zero attached hydrogens (tertiary/aromatic N) is 1. The highest BCUT2D eigenvalue weighted by molar-refractivity contribution is 7.07. The van der Waals surface area contributed by atoms with Gasteiger partial charge in [0.05, 0.1) is 17.3 Å². The summed E-state index contributed by atoms with van der Waals surface area (Å²) in [6, 6.07) is 9.20. The molecule has 2 heterocycles. The minimum Gasteiger partial charge on any atom is -0.387 e. The Balaban J connectivity index is 1.68. The van der Waals surface area contributed by atoms with Gasteiger partial charge in [-0.1, -0.05) is 6.07 Å². The topological polar surface area (TPSA) is 74.2 Å². The van der Waals surface area contributed by atoms with Crippen molar-refractivity contribution < 1.29 is 9.90 Å². The monoisotopic (exact) mass is 327 g/mol. The number of aryl methyl sites for hydroxylation is 1. The van der Waals surface area contributed by atoms with Crippen molar-refractivity contribution in [2.75, 3.05) is 11.9 Å². The van der Waals surface area contributed by atoms with E-state index >= 15 is 0 Å². The molecule has 0 aliphatic heterocycles. The van der Waals surface area contributed by atoms with Crippen LogP contribution in [0, 0.1) is 6.92 Å². The average molecular weight is 327 g/mol. The highest BCUT2D eigenvalue weighted by Gasteiger charge is 2.11. The second-order valence-corrected chi connectivity index (χ2v) is 6.08. The van der Waals surface area contributed by atoms with E-state index in [9.17, 15) is 9.90 Å². The van der Waals surface area contributed by atoms with E-state index in [1.807, 2.05) is 48.0 Å². The molecule has 0 aliphatic carbocycles. The summed E-state index contributed by atoms with van der Waals surface area (Å²) in [7, 11) is 0. The van der Waals surface area contributed by atoms with Gasteiger partial charge in [-0.25, -0.2) is 4.79 Å². The Kier molecular flexibility index (Phi) is 4.55. The maximum atomic E-state index is 12.1. The number of rotatable bonds is 4. The molecule has 0 aliphatic rings. The second-order valence-electron chi connectivity index (χ2n) is 5.30. The van der Waals surface area contributed by atoms with Crippen LogP contribution in [0.15, 0.2) is 47.3 Å². The van der Waals surface area contributed by atoms with Crippen LogP contribution in [0.3, 0.4) is 0 Å². The van der Waals surface area contributed by atoms with Crippen molar-refractivity contribution >= 4 is 34.0 Å². The van der Waals surface area contributed by atoms with Crippen molar-refractivity contribution in [1.82, 2.24) is 10.3 Å². The first kappa shape index (κ1) is 15.5. The molecule has 5 nitrogen and oxygen atoms in total. The van der Waals surface area contributed by atoms with E-state index in [0.717, 1.165) is 22.0 Å². The Bertz CT molecular complexity index is 818. The SMILES string of the molecule is Cc1cc(NC(=O)NCC(O)c2ccsc2)c2ncccc2c1. The van der Waals surface area contributed by atoms with Gasteiger partial charge < -0.3 is 15.7 Å². The number of amides is 2. The lowest BCUT2D eigenvalue weighted by Crippen LogP contribution is -2.32. The van der Waals surface area contributed by atoms with Gasteiger partial charge in [0.15, 0.2) is 0 Å². The van der Waals surface area contributed by atoms with Crippen LogP contribution in [-0.2, 0) is 0 Å². The molecular weight excluding hydrogens is 310 g/mol. The Hall–Kier alpha value is -2.44. The zero-order chi connectivity index (χ0) is 16.2. The van der Waals surface area contributed by atoms with Gasteiger partial charge in [0, 0.05) is 18.1 Å². The van der Waals surface area contributed by atoms with Crippen molar-refractivity contribution in [2.24, 2.45) is 0 Å². The number of nitrogens with one attached hydrogen (secondary N) is 2. The number of aliphatic hydroxyl groups excluding tert-OH is 1. The van der Waals surface area contributed by atoms with Crippen LogP contribution >= 0.6 is 11.3 Å². The summed E-state index contributed by atoms with van der Waals surface area (Å²) in [4.78, 5) is 16.4. The van der Waals surface area contributed by atoms with Gasteiger partial charge in [0.2, 0.25) is 0 Å². The lowest BCUT2D eigenvalue weighted by atomic mass is 10.1. The number of benzene rings is 1. The van der Waals surface area contributed by atoms with E-state index in [-0.39, 0.29) is 12.6 Å². The molecule has 3 aromatic rings. The van der Waals surface area contributed by atoms with Crippen LogP contribution in [0.2, 0.25) is 0 Å². The molecule has 118 valence electrons. The Morgan fingerprint density at radius 2 is 2.26 bits per heavy atom. The van der Waals surface area contributed by atoms with Crippen molar-refractivity contribution in [3.63, 3.8) is 0 Å². The second kappa shape index (κ2) is 6.76. The predicted molar refractivity (Wildman–Crippen MR) is 92.8 cm³/mol. The molecule has 3 N–H and O–H groups in total. The van der Waals surface area contributed by atoms with Crippen molar-refractivity contribution in [1.29, 1.82) is 0 Å². The Labute approximate surface area is 138 Å². The first-order valence-corrected chi connectivity index (χ1v) is 8.18. The van der Waals surface area contributed by atoms with E-state index in [0.29, 0.717) is 5.69 Å². The first-order valence-electron chi connectivity index (χ1n) is 7.24. The number of hydrogen-bond acceptors (Lipinski definition) is 4. The number of thiophene rings is 1. The highest BCUT2D eigenvalue weighted by atomic mass is 32.1. The number of urea groups is 1. The van der Waals surface area contributed by atoms with E-state index < -0.39 is 6.10 Å². The molecule has 3 rings (SSSR count). The summed E-state index contributed by atoms with van der Waals surface area (Å²) in [5.74, 6) is 0. The Morgan fingerprint density at radius 3 is 3.04 bits per heavy atom. The van der Waals surface area contributed by atoms with Crippen LogP contribution in [0.5, 0.6) is 0 Å². The average Bonchev–Trinajstić information content (AvgIpc) is 3.07. The summed E-state index contributed by atoms with van der Waals surface area (Å²) in [6.45, 7) is 2.12. The number of anilines is 1. The zero-order valence-corrected chi connectivity index (χ0v) is 13.4.